The van der Waals surface area contributed by atoms with Crippen LogP contribution in [0.5, 0.6) is 0 Å². The Morgan fingerprint density at radius 1 is 1.82 bits per heavy atom. The standard InChI is InChI=1S/C8H12N2O/c1-2-7-3-8(4-9)10(5-7)6-11/h6-8H,2-3,5H2,1H3. The lowest BCUT2D eigenvalue weighted by molar-refractivity contribution is -0.118. The average Bonchev–Trinajstić information content (AvgIpc) is 2.46. The maximum absolute atomic E-state index is 10.4. The molecule has 3 heteroatoms. The van der Waals surface area contributed by atoms with E-state index in [2.05, 4.69) is 13.0 Å². The van der Waals surface area contributed by atoms with Gasteiger partial charge in [0.1, 0.15) is 6.04 Å². The normalized spacial score (nSPS) is 30.0. The first-order valence-corrected chi connectivity index (χ1v) is 3.92. The molecule has 1 rings (SSSR count). The van der Waals surface area contributed by atoms with Crippen molar-refractivity contribution in [2.45, 2.75) is 25.8 Å². The van der Waals surface area contributed by atoms with E-state index in [1.54, 1.807) is 4.90 Å². The molecule has 60 valence electrons. The third kappa shape index (κ3) is 1.51. The molecule has 0 aromatic heterocycles. The molecule has 0 aromatic rings. The Labute approximate surface area is 66.6 Å². The van der Waals surface area contributed by atoms with Gasteiger partial charge in [0.2, 0.25) is 6.41 Å². The van der Waals surface area contributed by atoms with Gasteiger partial charge in [0.05, 0.1) is 6.07 Å². The quantitative estimate of drug-likeness (QED) is 0.548. The largest absolute Gasteiger partial charge is 0.329 e. The summed E-state index contributed by atoms with van der Waals surface area (Å²) in [6.45, 7) is 2.85. The van der Waals surface area contributed by atoms with Gasteiger partial charge in [-0.15, -0.1) is 0 Å². The predicted molar refractivity (Wildman–Crippen MR) is 40.6 cm³/mol. The van der Waals surface area contributed by atoms with Gasteiger partial charge in [-0.2, -0.15) is 5.26 Å². The number of hydrogen-bond donors (Lipinski definition) is 0. The van der Waals surface area contributed by atoms with Crippen molar-refractivity contribution < 1.29 is 4.79 Å². The van der Waals surface area contributed by atoms with Gasteiger partial charge in [0, 0.05) is 6.54 Å². The molecular formula is C8H12N2O. The number of rotatable bonds is 2. The summed E-state index contributed by atoms with van der Waals surface area (Å²) in [5.41, 5.74) is 0. The van der Waals surface area contributed by atoms with Crippen molar-refractivity contribution in [3.63, 3.8) is 0 Å². The molecule has 2 atom stereocenters. The first kappa shape index (κ1) is 8.06. The third-order valence-electron chi connectivity index (χ3n) is 2.29. The second kappa shape index (κ2) is 3.38. The number of nitriles is 1. The second-order valence-electron chi connectivity index (χ2n) is 2.96. The SMILES string of the molecule is CCC1CC(C#N)N(C=O)C1. The van der Waals surface area contributed by atoms with Crippen LogP contribution in [0.25, 0.3) is 0 Å². The molecule has 0 spiro atoms. The van der Waals surface area contributed by atoms with E-state index < -0.39 is 0 Å². The van der Waals surface area contributed by atoms with E-state index in [1.807, 2.05) is 0 Å². The number of nitrogens with zero attached hydrogens (tertiary/aromatic N) is 2. The van der Waals surface area contributed by atoms with Crippen molar-refractivity contribution in [1.82, 2.24) is 4.90 Å². The van der Waals surface area contributed by atoms with Crippen LogP contribution < -0.4 is 0 Å². The van der Waals surface area contributed by atoms with Gasteiger partial charge in [-0.05, 0) is 12.3 Å². The summed E-state index contributed by atoms with van der Waals surface area (Å²) in [5, 5.41) is 8.63. The zero-order valence-corrected chi connectivity index (χ0v) is 6.66. The Kier molecular flexibility index (Phi) is 2.48. The highest BCUT2D eigenvalue weighted by Crippen LogP contribution is 2.23. The fraction of sp³-hybridized carbons (Fsp3) is 0.750. The van der Waals surface area contributed by atoms with Crippen molar-refractivity contribution in [1.29, 1.82) is 5.26 Å². The second-order valence-corrected chi connectivity index (χ2v) is 2.96. The van der Waals surface area contributed by atoms with Gasteiger partial charge >= 0.3 is 0 Å². The molecule has 1 heterocycles. The first-order chi connectivity index (χ1) is 5.31. The van der Waals surface area contributed by atoms with Gasteiger partial charge in [-0.1, -0.05) is 13.3 Å². The minimum atomic E-state index is -0.169. The van der Waals surface area contributed by atoms with Crippen LogP contribution in [0.1, 0.15) is 19.8 Å². The van der Waals surface area contributed by atoms with E-state index in [4.69, 9.17) is 5.26 Å². The summed E-state index contributed by atoms with van der Waals surface area (Å²) in [4.78, 5) is 12.0. The smallest absolute Gasteiger partial charge is 0.210 e. The lowest BCUT2D eigenvalue weighted by atomic mass is 10.0. The van der Waals surface area contributed by atoms with Crippen molar-refractivity contribution >= 4 is 6.41 Å². The summed E-state index contributed by atoms with van der Waals surface area (Å²) < 4.78 is 0. The summed E-state index contributed by atoms with van der Waals surface area (Å²) >= 11 is 0. The number of hydrogen-bond acceptors (Lipinski definition) is 2. The minimum Gasteiger partial charge on any atom is -0.329 e. The minimum absolute atomic E-state index is 0.169. The highest BCUT2D eigenvalue weighted by molar-refractivity contribution is 5.49. The Bertz CT molecular complexity index is 185. The molecule has 1 aliphatic heterocycles. The molecule has 1 aliphatic rings. The third-order valence-corrected chi connectivity index (χ3v) is 2.29. The van der Waals surface area contributed by atoms with E-state index in [-0.39, 0.29) is 6.04 Å². The summed E-state index contributed by atoms with van der Waals surface area (Å²) in [7, 11) is 0. The van der Waals surface area contributed by atoms with Crippen LogP contribution in [0.2, 0.25) is 0 Å². The van der Waals surface area contributed by atoms with E-state index in [1.165, 1.54) is 0 Å². The summed E-state index contributed by atoms with van der Waals surface area (Å²) in [6.07, 6.45) is 2.69. The predicted octanol–water partition coefficient (Wildman–Crippen LogP) is 0.767. The topological polar surface area (TPSA) is 44.1 Å². The van der Waals surface area contributed by atoms with E-state index >= 15 is 0 Å². The molecule has 0 N–H and O–H groups in total. The lowest BCUT2D eigenvalue weighted by Gasteiger charge is -2.11. The van der Waals surface area contributed by atoms with Crippen molar-refractivity contribution in [2.24, 2.45) is 5.92 Å². The zero-order chi connectivity index (χ0) is 8.27. The highest BCUT2D eigenvalue weighted by atomic mass is 16.1. The molecule has 0 radical (unpaired) electrons. The molecule has 3 nitrogen and oxygen atoms in total. The molecule has 0 bridgehead atoms. The molecule has 1 fully saturated rings. The summed E-state index contributed by atoms with van der Waals surface area (Å²) in [5.74, 6) is 0.532. The average molecular weight is 152 g/mol. The van der Waals surface area contributed by atoms with E-state index in [9.17, 15) is 4.79 Å². The monoisotopic (exact) mass is 152 g/mol. The maximum atomic E-state index is 10.4. The molecule has 1 saturated heterocycles. The van der Waals surface area contributed by atoms with E-state index in [0.717, 1.165) is 25.8 Å². The Morgan fingerprint density at radius 3 is 2.91 bits per heavy atom. The highest BCUT2D eigenvalue weighted by Gasteiger charge is 2.29. The number of likely N-dealkylation sites (tertiary alicyclic amines) is 1. The van der Waals surface area contributed by atoms with Gasteiger partial charge in [0.15, 0.2) is 0 Å². The molecule has 2 unspecified atom stereocenters. The van der Waals surface area contributed by atoms with Gasteiger partial charge in [-0.25, -0.2) is 0 Å². The van der Waals surface area contributed by atoms with Crippen LogP contribution in [-0.4, -0.2) is 23.9 Å². The summed E-state index contributed by atoms with van der Waals surface area (Å²) in [6, 6.07) is 1.95. The number of carbonyl (C=O) groups is 1. The van der Waals surface area contributed by atoms with Crippen LogP contribution in [0.4, 0.5) is 0 Å². The maximum Gasteiger partial charge on any atom is 0.210 e. The number of carbonyl (C=O) groups excluding carboxylic acids is 1. The zero-order valence-electron chi connectivity index (χ0n) is 6.66. The molecular weight excluding hydrogens is 140 g/mol. The van der Waals surface area contributed by atoms with Crippen molar-refractivity contribution in [3.8, 4) is 6.07 Å². The van der Waals surface area contributed by atoms with E-state index in [0.29, 0.717) is 5.92 Å². The first-order valence-electron chi connectivity index (χ1n) is 3.92. The lowest BCUT2D eigenvalue weighted by Crippen LogP contribution is -2.26. The van der Waals surface area contributed by atoms with Crippen LogP contribution >= 0.6 is 0 Å². The van der Waals surface area contributed by atoms with Crippen LogP contribution in [0.3, 0.4) is 0 Å². The fourth-order valence-electron chi connectivity index (χ4n) is 1.49. The Morgan fingerprint density at radius 2 is 2.55 bits per heavy atom. The Balaban J connectivity index is 2.56. The number of amides is 1. The van der Waals surface area contributed by atoms with Crippen LogP contribution in [0, 0.1) is 17.2 Å². The fourth-order valence-corrected chi connectivity index (χ4v) is 1.49. The molecule has 1 amide bonds. The van der Waals surface area contributed by atoms with Crippen molar-refractivity contribution in [2.75, 3.05) is 6.54 Å². The van der Waals surface area contributed by atoms with Crippen molar-refractivity contribution in [3.05, 3.63) is 0 Å². The van der Waals surface area contributed by atoms with Gasteiger partial charge in [0.25, 0.3) is 0 Å². The Hall–Kier alpha value is -1.04. The van der Waals surface area contributed by atoms with Crippen LogP contribution in [-0.2, 0) is 4.79 Å². The van der Waals surface area contributed by atoms with Gasteiger partial charge < -0.3 is 4.90 Å². The van der Waals surface area contributed by atoms with Gasteiger partial charge in [-0.3, -0.25) is 4.79 Å². The van der Waals surface area contributed by atoms with Crippen LogP contribution in [0.15, 0.2) is 0 Å². The molecule has 0 aromatic carbocycles. The molecule has 0 saturated carbocycles. The molecule has 0 aliphatic carbocycles. The molecule has 11 heavy (non-hydrogen) atoms.